The molecule has 138 valence electrons. The van der Waals surface area contributed by atoms with Gasteiger partial charge in [0.05, 0.1) is 12.2 Å². The summed E-state index contributed by atoms with van der Waals surface area (Å²) in [7, 11) is 0. The lowest BCUT2D eigenvalue weighted by Crippen LogP contribution is -2.20. The summed E-state index contributed by atoms with van der Waals surface area (Å²) in [6.45, 7) is 6.32. The predicted octanol–water partition coefficient (Wildman–Crippen LogP) is 4.28. The molecule has 0 spiro atoms. The number of aryl methyl sites for hydroxylation is 1. The molecule has 5 heteroatoms. The highest BCUT2D eigenvalue weighted by Crippen LogP contribution is 2.18. The summed E-state index contributed by atoms with van der Waals surface area (Å²) in [5.41, 5.74) is 3.40. The van der Waals surface area contributed by atoms with E-state index < -0.39 is 0 Å². The first-order valence-electron chi connectivity index (χ1n) is 8.77. The first-order valence-corrected chi connectivity index (χ1v) is 8.77. The van der Waals surface area contributed by atoms with Crippen LogP contribution in [0.1, 0.15) is 41.3 Å². The second kappa shape index (κ2) is 9.61. The van der Waals surface area contributed by atoms with Crippen LogP contribution in [0.15, 0.2) is 42.5 Å². The highest BCUT2D eigenvalue weighted by atomic mass is 16.5. The molecule has 0 radical (unpaired) electrons. The Hall–Kier alpha value is -2.82. The number of nitrogens with one attached hydrogen (secondary N) is 1. The fourth-order valence-corrected chi connectivity index (χ4v) is 2.30. The minimum absolute atomic E-state index is 0.103. The van der Waals surface area contributed by atoms with Gasteiger partial charge in [-0.3, -0.25) is 4.79 Å². The Morgan fingerprint density at radius 1 is 1.04 bits per heavy atom. The summed E-state index contributed by atoms with van der Waals surface area (Å²) >= 11 is 0. The van der Waals surface area contributed by atoms with Crippen molar-refractivity contribution in [3.8, 4) is 5.75 Å². The van der Waals surface area contributed by atoms with E-state index in [0.717, 1.165) is 29.7 Å². The standard InChI is InChI=1S/C21H25NO4/c1-4-5-13-25-21(24)17-9-11-18(12-10-17)26-14-20(23)22-19-8-6-7-15(2)16(19)3/h6-12H,4-5,13-14H2,1-3H3,(H,22,23). The van der Waals surface area contributed by atoms with Crippen molar-refractivity contribution in [2.24, 2.45) is 0 Å². The maximum Gasteiger partial charge on any atom is 0.338 e. The number of unbranched alkanes of at least 4 members (excludes halogenated alkanes) is 1. The van der Waals surface area contributed by atoms with E-state index in [1.807, 2.05) is 39.0 Å². The molecule has 0 saturated heterocycles. The lowest BCUT2D eigenvalue weighted by Gasteiger charge is -2.11. The number of esters is 1. The second-order valence-corrected chi connectivity index (χ2v) is 6.10. The predicted molar refractivity (Wildman–Crippen MR) is 102 cm³/mol. The SMILES string of the molecule is CCCCOC(=O)c1ccc(OCC(=O)Nc2cccc(C)c2C)cc1. The van der Waals surface area contributed by atoms with Gasteiger partial charge in [-0.05, 0) is 61.7 Å². The Kier molecular flexibility index (Phi) is 7.21. The van der Waals surface area contributed by atoms with Crippen molar-refractivity contribution in [3.05, 3.63) is 59.2 Å². The third kappa shape index (κ3) is 5.62. The van der Waals surface area contributed by atoms with Crippen LogP contribution in [0.5, 0.6) is 5.75 Å². The molecular formula is C21H25NO4. The van der Waals surface area contributed by atoms with Crippen LogP contribution in [0.3, 0.4) is 0 Å². The normalized spacial score (nSPS) is 10.3. The van der Waals surface area contributed by atoms with Crippen molar-refractivity contribution in [2.45, 2.75) is 33.6 Å². The van der Waals surface area contributed by atoms with Crippen LogP contribution in [-0.2, 0) is 9.53 Å². The number of anilines is 1. The molecule has 0 aromatic heterocycles. The van der Waals surface area contributed by atoms with Crippen LogP contribution in [0.25, 0.3) is 0 Å². The van der Waals surface area contributed by atoms with E-state index in [9.17, 15) is 9.59 Å². The number of hydrogen-bond acceptors (Lipinski definition) is 4. The van der Waals surface area contributed by atoms with Crippen molar-refractivity contribution in [2.75, 3.05) is 18.5 Å². The molecule has 2 rings (SSSR count). The summed E-state index contributed by atoms with van der Waals surface area (Å²) in [6, 6.07) is 12.3. The lowest BCUT2D eigenvalue weighted by atomic mass is 10.1. The third-order valence-corrected chi connectivity index (χ3v) is 4.07. The monoisotopic (exact) mass is 355 g/mol. The van der Waals surface area contributed by atoms with Gasteiger partial charge in [-0.15, -0.1) is 0 Å². The number of carbonyl (C=O) groups excluding carboxylic acids is 2. The number of hydrogen-bond donors (Lipinski definition) is 1. The highest BCUT2D eigenvalue weighted by Gasteiger charge is 2.09. The van der Waals surface area contributed by atoms with E-state index in [1.54, 1.807) is 24.3 Å². The van der Waals surface area contributed by atoms with Gasteiger partial charge in [0.1, 0.15) is 5.75 Å². The smallest absolute Gasteiger partial charge is 0.338 e. The van der Waals surface area contributed by atoms with Gasteiger partial charge in [0.2, 0.25) is 0 Å². The van der Waals surface area contributed by atoms with Crippen molar-refractivity contribution < 1.29 is 19.1 Å². The Morgan fingerprint density at radius 2 is 1.77 bits per heavy atom. The van der Waals surface area contributed by atoms with Gasteiger partial charge in [0.25, 0.3) is 5.91 Å². The van der Waals surface area contributed by atoms with E-state index in [-0.39, 0.29) is 18.5 Å². The van der Waals surface area contributed by atoms with Crippen molar-refractivity contribution in [1.82, 2.24) is 0 Å². The maximum absolute atomic E-state index is 12.1. The molecule has 2 aromatic carbocycles. The number of ether oxygens (including phenoxy) is 2. The van der Waals surface area contributed by atoms with Crippen LogP contribution >= 0.6 is 0 Å². The van der Waals surface area contributed by atoms with Crippen molar-refractivity contribution in [3.63, 3.8) is 0 Å². The molecule has 0 saturated carbocycles. The highest BCUT2D eigenvalue weighted by molar-refractivity contribution is 5.93. The fourth-order valence-electron chi connectivity index (χ4n) is 2.30. The second-order valence-electron chi connectivity index (χ2n) is 6.10. The summed E-state index contributed by atoms with van der Waals surface area (Å²) in [5.74, 6) is -0.0642. The zero-order chi connectivity index (χ0) is 18.9. The zero-order valence-corrected chi connectivity index (χ0v) is 15.5. The molecule has 0 atom stereocenters. The molecule has 0 aliphatic rings. The van der Waals surface area contributed by atoms with Crippen LogP contribution in [0.4, 0.5) is 5.69 Å². The topological polar surface area (TPSA) is 64.6 Å². The van der Waals surface area contributed by atoms with Crippen LogP contribution in [-0.4, -0.2) is 25.1 Å². The Morgan fingerprint density at radius 3 is 2.46 bits per heavy atom. The number of benzene rings is 2. The van der Waals surface area contributed by atoms with Crippen molar-refractivity contribution in [1.29, 1.82) is 0 Å². The molecule has 0 unspecified atom stereocenters. The van der Waals surface area contributed by atoms with Gasteiger partial charge in [0.15, 0.2) is 6.61 Å². The van der Waals surface area contributed by atoms with Crippen LogP contribution in [0, 0.1) is 13.8 Å². The average molecular weight is 355 g/mol. The summed E-state index contributed by atoms with van der Waals surface area (Å²) in [5, 5.41) is 2.84. The van der Waals surface area contributed by atoms with E-state index in [0.29, 0.717) is 17.9 Å². The third-order valence-electron chi connectivity index (χ3n) is 4.07. The Labute approximate surface area is 154 Å². The minimum atomic E-state index is -0.349. The number of rotatable bonds is 8. The van der Waals surface area contributed by atoms with E-state index >= 15 is 0 Å². The van der Waals surface area contributed by atoms with E-state index in [1.165, 1.54) is 0 Å². The van der Waals surface area contributed by atoms with Gasteiger partial charge < -0.3 is 14.8 Å². The van der Waals surface area contributed by atoms with Gasteiger partial charge in [-0.25, -0.2) is 4.79 Å². The van der Waals surface area contributed by atoms with E-state index in [2.05, 4.69) is 5.32 Å². The lowest BCUT2D eigenvalue weighted by molar-refractivity contribution is -0.118. The van der Waals surface area contributed by atoms with Crippen LogP contribution < -0.4 is 10.1 Å². The number of carbonyl (C=O) groups is 2. The molecule has 26 heavy (non-hydrogen) atoms. The molecule has 1 N–H and O–H groups in total. The summed E-state index contributed by atoms with van der Waals surface area (Å²) in [4.78, 5) is 23.9. The average Bonchev–Trinajstić information content (AvgIpc) is 2.64. The first kappa shape index (κ1) is 19.5. The largest absolute Gasteiger partial charge is 0.484 e. The van der Waals surface area contributed by atoms with Gasteiger partial charge in [-0.2, -0.15) is 0 Å². The molecule has 0 heterocycles. The molecule has 0 fully saturated rings. The van der Waals surface area contributed by atoms with Gasteiger partial charge in [0, 0.05) is 5.69 Å². The van der Waals surface area contributed by atoms with E-state index in [4.69, 9.17) is 9.47 Å². The van der Waals surface area contributed by atoms with Crippen LogP contribution in [0.2, 0.25) is 0 Å². The molecular weight excluding hydrogens is 330 g/mol. The van der Waals surface area contributed by atoms with Gasteiger partial charge >= 0.3 is 5.97 Å². The molecule has 0 aliphatic carbocycles. The quantitative estimate of drug-likeness (QED) is 0.567. The van der Waals surface area contributed by atoms with Gasteiger partial charge in [-0.1, -0.05) is 25.5 Å². The Bertz CT molecular complexity index is 753. The zero-order valence-electron chi connectivity index (χ0n) is 15.5. The summed E-state index contributed by atoms with van der Waals surface area (Å²) < 4.78 is 10.6. The molecule has 0 bridgehead atoms. The molecule has 5 nitrogen and oxygen atoms in total. The molecule has 2 aromatic rings. The summed E-state index contributed by atoms with van der Waals surface area (Å²) in [6.07, 6.45) is 1.83. The minimum Gasteiger partial charge on any atom is -0.484 e. The first-order chi connectivity index (χ1) is 12.5. The van der Waals surface area contributed by atoms with Crippen molar-refractivity contribution >= 4 is 17.6 Å². The molecule has 1 amide bonds. The fraction of sp³-hybridized carbons (Fsp3) is 0.333. The molecule has 0 aliphatic heterocycles. The maximum atomic E-state index is 12.1. The number of amides is 1. The Balaban J connectivity index is 1.84.